The quantitative estimate of drug-likeness (QED) is 0.770. The fraction of sp³-hybridized carbons (Fsp3) is 0.263. The maximum Gasteiger partial charge on any atom is 0.337 e. The second kappa shape index (κ2) is 8.13. The van der Waals surface area contributed by atoms with Crippen LogP contribution in [-0.4, -0.2) is 26.2 Å². The Labute approximate surface area is 136 Å². The minimum atomic E-state index is -0.327. The maximum absolute atomic E-state index is 11.4. The number of hydrogen-bond acceptors (Lipinski definition) is 4. The van der Waals surface area contributed by atoms with Gasteiger partial charge in [-0.2, -0.15) is 0 Å². The lowest BCUT2D eigenvalue weighted by atomic mass is 10.0. The van der Waals surface area contributed by atoms with Gasteiger partial charge in [-0.25, -0.2) is 4.79 Å². The molecule has 4 nitrogen and oxygen atoms in total. The second-order valence-corrected chi connectivity index (χ2v) is 5.26. The molecule has 0 bridgehead atoms. The van der Waals surface area contributed by atoms with Crippen LogP contribution in [0, 0.1) is 0 Å². The molecule has 0 fully saturated rings. The first kappa shape index (κ1) is 16.7. The average molecular weight is 312 g/mol. The average Bonchev–Trinajstić information content (AvgIpc) is 2.60. The highest BCUT2D eigenvalue weighted by molar-refractivity contribution is 5.89. The number of benzene rings is 2. The van der Waals surface area contributed by atoms with Crippen molar-refractivity contribution in [1.82, 2.24) is 0 Å². The molecule has 0 aliphatic carbocycles. The number of carbonyl (C=O) groups is 2. The normalized spacial score (nSPS) is 10.2. The predicted octanol–water partition coefficient (Wildman–Crippen LogP) is 2.97. The van der Waals surface area contributed by atoms with Crippen molar-refractivity contribution in [3.05, 3.63) is 70.8 Å². The van der Waals surface area contributed by atoms with Crippen molar-refractivity contribution < 1.29 is 19.1 Å². The van der Waals surface area contributed by atoms with E-state index >= 15 is 0 Å². The molecule has 0 heterocycles. The van der Waals surface area contributed by atoms with Crippen LogP contribution in [0.4, 0.5) is 0 Å². The first-order valence-electron chi connectivity index (χ1n) is 7.44. The summed E-state index contributed by atoms with van der Waals surface area (Å²) in [7, 11) is 2.77. The van der Waals surface area contributed by atoms with Crippen LogP contribution in [0.3, 0.4) is 0 Å². The molecule has 0 unspecified atom stereocenters. The second-order valence-electron chi connectivity index (χ2n) is 5.26. The fourth-order valence-electron chi connectivity index (χ4n) is 2.35. The third-order valence-corrected chi connectivity index (χ3v) is 3.64. The van der Waals surface area contributed by atoms with Gasteiger partial charge in [-0.3, -0.25) is 4.79 Å². The van der Waals surface area contributed by atoms with Crippen molar-refractivity contribution in [2.45, 2.75) is 19.3 Å². The molecule has 0 aliphatic rings. The molecule has 2 rings (SSSR count). The molecule has 0 saturated carbocycles. The Hall–Kier alpha value is -2.62. The van der Waals surface area contributed by atoms with E-state index in [1.165, 1.54) is 19.8 Å². The lowest BCUT2D eigenvalue weighted by Crippen LogP contribution is -2.05. The first-order valence-corrected chi connectivity index (χ1v) is 7.44. The van der Waals surface area contributed by atoms with Crippen LogP contribution < -0.4 is 0 Å². The van der Waals surface area contributed by atoms with Gasteiger partial charge < -0.3 is 9.47 Å². The van der Waals surface area contributed by atoms with E-state index in [1.54, 1.807) is 12.1 Å². The zero-order valence-corrected chi connectivity index (χ0v) is 13.4. The minimum Gasteiger partial charge on any atom is -0.469 e. The Morgan fingerprint density at radius 3 is 2.13 bits per heavy atom. The predicted molar refractivity (Wildman–Crippen MR) is 87.4 cm³/mol. The molecule has 0 spiro atoms. The number of carbonyl (C=O) groups excluding carboxylic acids is 2. The van der Waals surface area contributed by atoms with Crippen LogP contribution in [-0.2, 0) is 33.5 Å². The van der Waals surface area contributed by atoms with Crippen LogP contribution in [0.2, 0.25) is 0 Å². The van der Waals surface area contributed by atoms with Crippen LogP contribution in [0.1, 0.15) is 27.0 Å². The Kier molecular flexibility index (Phi) is 5.92. The number of methoxy groups -OCH3 is 2. The highest BCUT2D eigenvalue weighted by Crippen LogP contribution is 2.12. The number of esters is 2. The summed E-state index contributed by atoms with van der Waals surface area (Å²) in [6.45, 7) is 0. The number of aryl methyl sites for hydroxylation is 2. The number of rotatable bonds is 6. The highest BCUT2D eigenvalue weighted by Gasteiger charge is 2.06. The molecule has 0 atom stereocenters. The van der Waals surface area contributed by atoms with E-state index in [2.05, 4.69) is 9.47 Å². The molecule has 120 valence electrons. The molecule has 0 amide bonds. The maximum atomic E-state index is 11.4. The zero-order chi connectivity index (χ0) is 16.7. The van der Waals surface area contributed by atoms with Gasteiger partial charge >= 0.3 is 11.9 Å². The Morgan fingerprint density at radius 1 is 0.826 bits per heavy atom. The van der Waals surface area contributed by atoms with Crippen LogP contribution in [0.25, 0.3) is 0 Å². The SMILES string of the molecule is COC(=O)Cc1cccc(CCc2ccc(C(=O)OC)cc2)c1. The summed E-state index contributed by atoms with van der Waals surface area (Å²) in [5, 5.41) is 0. The van der Waals surface area contributed by atoms with E-state index in [9.17, 15) is 9.59 Å². The lowest BCUT2D eigenvalue weighted by molar-refractivity contribution is -0.139. The van der Waals surface area contributed by atoms with Crippen molar-refractivity contribution in [2.24, 2.45) is 0 Å². The molecule has 4 heteroatoms. The molecule has 0 radical (unpaired) electrons. The zero-order valence-electron chi connectivity index (χ0n) is 13.4. The van der Waals surface area contributed by atoms with Crippen molar-refractivity contribution in [1.29, 1.82) is 0 Å². The van der Waals surface area contributed by atoms with Crippen molar-refractivity contribution in [3.63, 3.8) is 0 Å². The molecular weight excluding hydrogens is 292 g/mol. The van der Waals surface area contributed by atoms with Gasteiger partial charge in [0, 0.05) is 0 Å². The van der Waals surface area contributed by atoms with Gasteiger partial charge in [0.25, 0.3) is 0 Å². The van der Waals surface area contributed by atoms with Crippen molar-refractivity contribution >= 4 is 11.9 Å². The topological polar surface area (TPSA) is 52.6 Å². The summed E-state index contributed by atoms with van der Waals surface area (Å²) in [5.74, 6) is -0.562. The molecule has 23 heavy (non-hydrogen) atoms. The molecule has 2 aromatic rings. The van der Waals surface area contributed by atoms with Gasteiger partial charge in [0.1, 0.15) is 0 Å². The standard InChI is InChI=1S/C19H20O4/c1-22-18(20)13-16-5-3-4-15(12-16)7-6-14-8-10-17(11-9-14)19(21)23-2/h3-5,8-12H,6-7,13H2,1-2H3. The highest BCUT2D eigenvalue weighted by atomic mass is 16.5. The number of hydrogen-bond donors (Lipinski definition) is 0. The minimum absolute atomic E-state index is 0.236. The van der Waals surface area contributed by atoms with Crippen molar-refractivity contribution in [3.8, 4) is 0 Å². The molecule has 0 aromatic heterocycles. The summed E-state index contributed by atoms with van der Waals surface area (Å²) in [6.07, 6.45) is 2.02. The molecule has 0 N–H and O–H groups in total. The molecule has 0 saturated heterocycles. The molecule has 0 aliphatic heterocycles. The van der Waals surface area contributed by atoms with E-state index in [-0.39, 0.29) is 18.4 Å². The summed E-state index contributed by atoms with van der Waals surface area (Å²) in [4.78, 5) is 22.7. The summed E-state index contributed by atoms with van der Waals surface area (Å²) < 4.78 is 9.37. The summed E-state index contributed by atoms with van der Waals surface area (Å²) >= 11 is 0. The van der Waals surface area contributed by atoms with E-state index in [0.29, 0.717) is 5.56 Å². The van der Waals surface area contributed by atoms with Gasteiger partial charge in [0.05, 0.1) is 26.2 Å². The van der Waals surface area contributed by atoms with Gasteiger partial charge in [-0.05, 0) is 41.7 Å². The smallest absolute Gasteiger partial charge is 0.337 e. The van der Waals surface area contributed by atoms with Crippen LogP contribution >= 0.6 is 0 Å². The van der Waals surface area contributed by atoms with E-state index in [0.717, 1.165) is 24.0 Å². The molecule has 2 aromatic carbocycles. The Morgan fingerprint density at radius 2 is 1.48 bits per heavy atom. The van der Waals surface area contributed by atoms with Crippen LogP contribution in [0.15, 0.2) is 48.5 Å². The van der Waals surface area contributed by atoms with E-state index < -0.39 is 0 Å². The summed E-state index contributed by atoms with van der Waals surface area (Å²) in [6, 6.07) is 15.4. The van der Waals surface area contributed by atoms with Crippen molar-refractivity contribution in [2.75, 3.05) is 14.2 Å². The Balaban J connectivity index is 1.96. The fourth-order valence-corrected chi connectivity index (χ4v) is 2.35. The largest absolute Gasteiger partial charge is 0.469 e. The third-order valence-electron chi connectivity index (χ3n) is 3.64. The Bertz CT molecular complexity index is 674. The van der Waals surface area contributed by atoms with Gasteiger partial charge in [-0.15, -0.1) is 0 Å². The number of ether oxygens (including phenoxy) is 2. The van der Waals surface area contributed by atoms with Gasteiger partial charge in [0.2, 0.25) is 0 Å². The third kappa shape index (κ3) is 4.95. The summed E-state index contributed by atoms with van der Waals surface area (Å²) in [5.41, 5.74) is 3.83. The van der Waals surface area contributed by atoms with E-state index in [4.69, 9.17) is 0 Å². The lowest BCUT2D eigenvalue weighted by Gasteiger charge is -2.06. The van der Waals surface area contributed by atoms with Crippen LogP contribution in [0.5, 0.6) is 0 Å². The van der Waals surface area contributed by atoms with Gasteiger partial charge in [0.15, 0.2) is 0 Å². The first-order chi connectivity index (χ1) is 11.1. The molecular formula is C19H20O4. The monoisotopic (exact) mass is 312 g/mol. The van der Waals surface area contributed by atoms with Gasteiger partial charge in [-0.1, -0.05) is 36.4 Å². The van der Waals surface area contributed by atoms with E-state index in [1.807, 2.05) is 36.4 Å².